The molecule has 0 saturated carbocycles. The monoisotopic (exact) mass is 532 g/mol. The number of hydrazine groups is 1. The molecular formula is C19H25BrCl4N2O2. The van der Waals surface area contributed by atoms with Crippen molar-refractivity contribution in [1.82, 2.24) is 5.43 Å². The van der Waals surface area contributed by atoms with Gasteiger partial charge in [-0.1, -0.05) is 70.0 Å². The summed E-state index contributed by atoms with van der Waals surface area (Å²) in [6.45, 7) is 7.84. The lowest BCUT2D eigenvalue weighted by molar-refractivity contribution is -0.114. The highest BCUT2D eigenvalue weighted by molar-refractivity contribution is 9.10. The molecule has 2 atom stereocenters. The van der Waals surface area contributed by atoms with Crippen LogP contribution in [0.1, 0.15) is 38.1 Å². The first-order valence-corrected chi connectivity index (χ1v) is 9.91. The summed E-state index contributed by atoms with van der Waals surface area (Å²) in [6.07, 6.45) is 5.21. The molecule has 0 fully saturated rings. The normalized spacial score (nSPS) is 20.3. The van der Waals surface area contributed by atoms with Gasteiger partial charge in [0.2, 0.25) is 5.24 Å². The Bertz CT molecular complexity index is 687. The predicted molar refractivity (Wildman–Crippen MR) is 126 cm³/mol. The van der Waals surface area contributed by atoms with E-state index in [-0.39, 0.29) is 17.9 Å². The fraction of sp³-hybridized carbons (Fsp3) is 0.368. The van der Waals surface area contributed by atoms with Crippen LogP contribution in [-0.4, -0.2) is 20.3 Å². The molecule has 1 aromatic rings. The minimum Gasteiger partial charge on any atom is -0.281 e. The second-order valence-electron chi connectivity index (χ2n) is 6.79. The Labute approximate surface area is 196 Å². The van der Waals surface area contributed by atoms with E-state index in [1.54, 1.807) is 42.5 Å². The summed E-state index contributed by atoms with van der Waals surface area (Å²) >= 11 is 19.8. The molecule has 0 heterocycles. The zero-order valence-corrected chi connectivity index (χ0v) is 20.7. The quantitative estimate of drug-likeness (QED) is 0.213. The molecule has 0 saturated heterocycles. The first-order chi connectivity index (χ1) is 12.3. The summed E-state index contributed by atoms with van der Waals surface area (Å²) in [5.41, 5.74) is 3.21. The Balaban J connectivity index is 0. The van der Waals surface area contributed by atoms with Gasteiger partial charge in [0.25, 0.3) is 5.24 Å². The molecular weight excluding hydrogens is 510 g/mol. The third-order valence-electron chi connectivity index (χ3n) is 3.28. The maximum Gasteiger partial charge on any atom is 0.252 e. The van der Waals surface area contributed by atoms with E-state index in [1.807, 2.05) is 33.8 Å². The van der Waals surface area contributed by atoms with Crippen molar-refractivity contribution >= 4 is 73.6 Å². The van der Waals surface area contributed by atoms with E-state index in [4.69, 9.17) is 40.6 Å². The smallest absolute Gasteiger partial charge is 0.252 e. The van der Waals surface area contributed by atoms with Crippen LogP contribution in [0.2, 0.25) is 0 Å². The third-order valence-corrected chi connectivity index (χ3v) is 5.40. The Hall–Kier alpha value is -0.400. The molecule has 28 heavy (non-hydrogen) atoms. The van der Waals surface area contributed by atoms with Crippen LogP contribution in [0, 0.1) is 5.92 Å². The predicted octanol–water partition coefficient (Wildman–Crippen LogP) is 5.95. The zero-order valence-electron chi connectivity index (χ0n) is 16.0. The van der Waals surface area contributed by atoms with Gasteiger partial charge in [-0.3, -0.25) is 20.9 Å². The maximum absolute atomic E-state index is 11.0. The van der Waals surface area contributed by atoms with Gasteiger partial charge in [0, 0.05) is 16.1 Å². The second-order valence-corrected chi connectivity index (χ2v) is 9.56. The number of alkyl halides is 1. The Morgan fingerprint density at radius 2 is 1.64 bits per heavy atom. The number of nitrogens with one attached hydrogen (secondary N) is 1. The average Bonchev–Trinajstić information content (AvgIpc) is 2.58. The highest BCUT2D eigenvalue weighted by atomic mass is 79.9. The molecule has 0 amide bonds. The molecule has 0 spiro atoms. The van der Waals surface area contributed by atoms with Crippen molar-refractivity contribution in [2.24, 2.45) is 11.8 Å². The van der Waals surface area contributed by atoms with Gasteiger partial charge in [0.15, 0.2) is 0 Å². The fourth-order valence-electron chi connectivity index (χ4n) is 1.60. The van der Waals surface area contributed by atoms with Crippen LogP contribution in [0.5, 0.6) is 0 Å². The van der Waals surface area contributed by atoms with Crippen LogP contribution in [0.4, 0.5) is 0 Å². The maximum atomic E-state index is 11.0. The minimum absolute atomic E-state index is 0. The number of rotatable bonds is 2. The number of halogens is 5. The van der Waals surface area contributed by atoms with E-state index in [0.29, 0.717) is 10.6 Å². The van der Waals surface area contributed by atoms with Gasteiger partial charge in [0.1, 0.15) is 0 Å². The van der Waals surface area contributed by atoms with Crippen LogP contribution < -0.4 is 11.3 Å². The lowest BCUT2D eigenvalue weighted by atomic mass is 9.90. The lowest BCUT2D eigenvalue weighted by Crippen LogP contribution is -2.41. The molecule has 158 valence electrons. The topological polar surface area (TPSA) is 72.2 Å². The van der Waals surface area contributed by atoms with Gasteiger partial charge in [0.05, 0.1) is 10.2 Å². The standard InChI is InChI=1S/C8H7BrCl2O.C7H5ClO.C4H12N2.ClH/c1-8(9)5(7(11)12)3-2-4-6(8)10;8-7(9)6-4-2-1-3-5-6;1-4(2,3)6-5;/h2-5H,1H3;1-5H;6H,5H2,1-3H3;1H. The van der Waals surface area contributed by atoms with Crippen molar-refractivity contribution in [3.8, 4) is 0 Å². The summed E-state index contributed by atoms with van der Waals surface area (Å²) in [7, 11) is 0. The highest BCUT2D eigenvalue weighted by Crippen LogP contribution is 2.41. The first kappa shape index (κ1) is 29.8. The number of hydrogen-bond donors (Lipinski definition) is 2. The third kappa shape index (κ3) is 11.6. The molecule has 1 aliphatic rings. The molecule has 2 unspecified atom stereocenters. The van der Waals surface area contributed by atoms with Crippen molar-refractivity contribution in [1.29, 1.82) is 0 Å². The van der Waals surface area contributed by atoms with Gasteiger partial charge in [-0.05, 0) is 57.0 Å². The number of benzene rings is 1. The molecule has 1 aromatic carbocycles. The Morgan fingerprint density at radius 3 is 1.93 bits per heavy atom. The summed E-state index contributed by atoms with van der Waals surface area (Å²) in [6, 6.07) is 8.74. The van der Waals surface area contributed by atoms with Crippen LogP contribution in [0.15, 0.2) is 53.6 Å². The summed E-state index contributed by atoms with van der Waals surface area (Å²) in [4.78, 5) is 21.4. The van der Waals surface area contributed by atoms with E-state index in [0.717, 1.165) is 0 Å². The zero-order chi connectivity index (χ0) is 21.3. The number of carbonyl (C=O) groups is 2. The van der Waals surface area contributed by atoms with E-state index in [2.05, 4.69) is 21.4 Å². The van der Waals surface area contributed by atoms with E-state index in [9.17, 15) is 9.59 Å². The average molecular weight is 535 g/mol. The summed E-state index contributed by atoms with van der Waals surface area (Å²) in [5.74, 6) is 4.66. The number of hydrogen-bond acceptors (Lipinski definition) is 4. The fourth-order valence-corrected chi connectivity index (χ4v) is 2.83. The number of allylic oxidation sites excluding steroid dienone is 4. The summed E-state index contributed by atoms with van der Waals surface area (Å²) in [5, 5.41) is -0.225. The van der Waals surface area contributed by atoms with Gasteiger partial charge >= 0.3 is 0 Å². The van der Waals surface area contributed by atoms with Crippen LogP contribution in [0.3, 0.4) is 0 Å². The van der Waals surface area contributed by atoms with E-state index in [1.165, 1.54) is 0 Å². The molecule has 0 radical (unpaired) electrons. The molecule has 0 bridgehead atoms. The van der Waals surface area contributed by atoms with Crippen molar-refractivity contribution in [3.05, 3.63) is 59.2 Å². The highest BCUT2D eigenvalue weighted by Gasteiger charge is 2.38. The molecule has 4 nitrogen and oxygen atoms in total. The summed E-state index contributed by atoms with van der Waals surface area (Å²) < 4.78 is -0.553. The number of nitrogens with two attached hydrogens (primary N) is 1. The molecule has 1 aliphatic carbocycles. The van der Waals surface area contributed by atoms with E-state index < -0.39 is 20.7 Å². The van der Waals surface area contributed by atoms with Crippen molar-refractivity contribution in [2.75, 3.05) is 0 Å². The van der Waals surface area contributed by atoms with Gasteiger partial charge in [-0.25, -0.2) is 0 Å². The molecule has 0 aromatic heterocycles. The molecule has 0 aliphatic heterocycles. The van der Waals surface area contributed by atoms with Crippen molar-refractivity contribution < 1.29 is 9.59 Å². The van der Waals surface area contributed by atoms with E-state index >= 15 is 0 Å². The number of carbonyl (C=O) groups excluding carboxylic acids is 2. The van der Waals surface area contributed by atoms with Crippen molar-refractivity contribution in [3.63, 3.8) is 0 Å². The Morgan fingerprint density at radius 1 is 1.18 bits per heavy atom. The van der Waals surface area contributed by atoms with Gasteiger partial charge < -0.3 is 0 Å². The first-order valence-electron chi connectivity index (χ1n) is 7.98. The minimum atomic E-state index is -0.553. The SMILES string of the molecule is CC(C)(C)NN.CC1(Br)C(Cl)=CC=CC1C(=O)Cl.Cl.O=C(Cl)c1ccccc1. The second kappa shape index (κ2) is 13.8. The Kier molecular flexibility index (Phi) is 14.6. The molecule has 3 N–H and O–H groups in total. The van der Waals surface area contributed by atoms with Crippen molar-refractivity contribution in [2.45, 2.75) is 37.6 Å². The largest absolute Gasteiger partial charge is 0.281 e. The molecule has 9 heteroatoms. The lowest BCUT2D eigenvalue weighted by Gasteiger charge is -2.29. The molecule has 2 rings (SSSR count). The van der Waals surface area contributed by atoms with Crippen LogP contribution >= 0.6 is 63.1 Å². The van der Waals surface area contributed by atoms with Gasteiger partial charge in [-0.2, -0.15) is 0 Å². The van der Waals surface area contributed by atoms with Crippen LogP contribution in [0.25, 0.3) is 0 Å². The van der Waals surface area contributed by atoms with Crippen LogP contribution in [-0.2, 0) is 4.79 Å². The van der Waals surface area contributed by atoms with Gasteiger partial charge in [-0.15, -0.1) is 12.4 Å².